The van der Waals surface area contributed by atoms with Gasteiger partial charge in [0, 0.05) is 17.8 Å². The van der Waals surface area contributed by atoms with Crippen LogP contribution in [0, 0.1) is 0 Å². The van der Waals surface area contributed by atoms with Crippen molar-refractivity contribution in [3.05, 3.63) is 54.5 Å². The average molecular weight is 224 g/mol. The second kappa shape index (κ2) is 3.90. The summed E-state index contributed by atoms with van der Waals surface area (Å²) in [5, 5.41) is 1.15. The molecular weight excluding hydrogens is 212 g/mol. The van der Waals surface area contributed by atoms with Crippen molar-refractivity contribution in [3.63, 3.8) is 0 Å². The summed E-state index contributed by atoms with van der Waals surface area (Å²) in [4.78, 5) is 8.58. The summed E-state index contributed by atoms with van der Waals surface area (Å²) in [5.41, 5.74) is 7.71. The van der Waals surface area contributed by atoms with Crippen molar-refractivity contribution in [2.45, 2.75) is 6.54 Å². The smallest absolute Gasteiger partial charge is 0.200 e. The average Bonchev–Trinajstić information content (AvgIpc) is 2.75. The summed E-state index contributed by atoms with van der Waals surface area (Å²) in [7, 11) is 0. The normalized spacial score (nSPS) is 10.8. The molecule has 0 atom stereocenters. The Kier molecular flexibility index (Phi) is 2.26. The third kappa shape index (κ3) is 1.85. The van der Waals surface area contributed by atoms with Crippen LogP contribution in [0.1, 0.15) is 5.69 Å². The standard InChI is InChI=1S/C13H12N4/c14-13-15-7-8-17(13)9-11-6-5-10-3-1-2-4-12(10)16-11/h1-8H,9H2,(H2,14,15). The van der Waals surface area contributed by atoms with Gasteiger partial charge in [0.1, 0.15) is 0 Å². The molecule has 2 N–H and O–H groups in total. The number of nitrogen functional groups attached to an aromatic ring is 1. The minimum Gasteiger partial charge on any atom is -0.369 e. The van der Waals surface area contributed by atoms with Gasteiger partial charge in [-0.2, -0.15) is 0 Å². The fourth-order valence-corrected chi connectivity index (χ4v) is 1.85. The molecule has 2 heterocycles. The van der Waals surface area contributed by atoms with E-state index in [4.69, 9.17) is 5.73 Å². The Bertz CT molecular complexity index is 657. The molecule has 0 fully saturated rings. The third-order valence-electron chi connectivity index (χ3n) is 2.74. The van der Waals surface area contributed by atoms with E-state index in [0.29, 0.717) is 12.5 Å². The predicted molar refractivity (Wildman–Crippen MR) is 67.5 cm³/mol. The minimum atomic E-state index is 0.514. The van der Waals surface area contributed by atoms with E-state index in [1.807, 2.05) is 35.0 Å². The molecule has 4 nitrogen and oxygen atoms in total. The van der Waals surface area contributed by atoms with E-state index in [1.54, 1.807) is 6.20 Å². The third-order valence-corrected chi connectivity index (χ3v) is 2.74. The summed E-state index contributed by atoms with van der Waals surface area (Å²) in [6, 6.07) is 12.2. The molecule has 3 aromatic rings. The highest BCUT2D eigenvalue weighted by atomic mass is 15.1. The maximum absolute atomic E-state index is 5.73. The van der Waals surface area contributed by atoms with Gasteiger partial charge in [0.15, 0.2) is 5.95 Å². The SMILES string of the molecule is Nc1nccn1Cc1ccc2ccccc2n1. The van der Waals surface area contributed by atoms with Crippen LogP contribution in [0.15, 0.2) is 48.8 Å². The monoisotopic (exact) mass is 224 g/mol. The minimum absolute atomic E-state index is 0.514. The highest BCUT2D eigenvalue weighted by Gasteiger charge is 2.01. The molecule has 0 aliphatic rings. The zero-order chi connectivity index (χ0) is 11.7. The molecule has 17 heavy (non-hydrogen) atoms. The van der Waals surface area contributed by atoms with Crippen LogP contribution in [0.5, 0.6) is 0 Å². The summed E-state index contributed by atoms with van der Waals surface area (Å²) < 4.78 is 1.87. The molecular formula is C13H12N4. The molecule has 1 aromatic carbocycles. The van der Waals surface area contributed by atoms with Gasteiger partial charge in [-0.1, -0.05) is 24.3 Å². The van der Waals surface area contributed by atoms with E-state index in [1.165, 1.54) is 0 Å². The summed E-state index contributed by atoms with van der Waals surface area (Å²) in [6.45, 7) is 0.649. The first-order valence-electron chi connectivity index (χ1n) is 5.44. The van der Waals surface area contributed by atoms with Crippen molar-refractivity contribution >= 4 is 16.9 Å². The number of pyridine rings is 1. The summed E-state index contributed by atoms with van der Waals surface area (Å²) in [6.07, 6.45) is 3.54. The van der Waals surface area contributed by atoms with Crippen LogP contribution in [0.4, 0.5) is 5.95 Å². The van der Waals surface area contributed by atoms with Gasteiger partial charge in [-0.25, -0.2) is 4.98 Å². The zero-order valence-corrected chi connectivity index (χ0v) is 9.24. The number of imidazole rings is 1. The highest BCUT2D eigenvalue weighted by molar-refractivity contribution is 5.78. The van der Waals surface area contributed by atoms with E-state index < -0.39 is 0 Å². The van der Waals surface area contributed by atoms with E-state index >= 15 is 0 Å². The van der Waals surface area contributed by atoms with Crippen LogP contribution in [-0.4, -0.2) is 14.5 Å². The Labute approximate surface area is 98.7 Å². The Morgan fingerprint density at radius 2 is 2.00 bits per heavy atom. The summed E-state index contributed by atoms with van der Waals surface area (Å²) >= 11 is 0. The lowest BCUT2D eigenvalue weighted by molar-refractivity contribution is 0.789. The number of rotatable bonds is 2. The Morgan fingerprint density at radius 3 is 2.82 bits per heavy atom. The molecule has 84 valence electrons. The van der Waals surface area contributed by atoms with Gasteiger partial charge in [-0.3, -0.25) is 4.98 Å². The van der Waals surface area contributed by atoms with E-state index in [0.717, 1.165) is 16.6 Å². The summed E-state index contributed by atoms with van der Waals surface area (Å²) in [5.74, 6) is 0.514. The first-order chi connectivity index (χ1) is 8.33. The molecule has 0 unspecified atom stereocenters. The molecule has 0 saturated heterocycles. The molecule has 0 saturated carbocycles. The molecule has 0 spiro atoms. The topological polar surface area (TPSA) is 56.7 Å². The van der Waals surface area contributed by atoms with Crippen LogP contribution < -0.4 is 5.73 Å². The van der Waals surface area contributed by atoms with Gasteiger partial charge in [0.2, 0.25) is 0 Å². The number of nitrogens with zero attached hydrogens (tertiary/aromatic N) is 3. The van der Waals surface area contributed by atoms with Crippen LogP contribution in [0.25, 0.3) is 10.9 Å². The maximum Gasteiger partial charge on any atom is 0.200 e. The van der Waals surface area contributed by atoms with Crippen molar-refractivity contribution in [3.8, 4) is 0 Å². The molecule has 0 radical (unpaired) electrons. The second-order valence-electron chi connectivity index (χ2n) is 3.91. The van der Waals surface area contributed by atoms with Gasteiger partial charge < -0.3 is 10.3 Å². The number of aromatic nitrogens is 3. The number of hydrogen-bond donors (Lipinski definition) is 1. The number of hydrogen-bond acceptors (Lipinski definition) is 3. The van der Waals surface area contributed by atoms with Crippen molar-refractivity contribution in [2.24, 2.45) is 0 Å². The van der Waals surface area contributed by atoms with Crippen LogP contribution in [0.3, 0.4) is 0 Å². The molecule has 2 aromatic heterocycles. The second-order valence-corrected chi connectivity index (χ2v) is 3.91. The Hall–Kier alpha value is -2.36. The number of para-hydroxylation sites is 1. The van der Waals surface area contributed by atoms with Gasteiger partial charge >= 0.3 is 0 Å². The van der Waals surface area contributed by atoms with Crippen molar-refractivity contribution in [2.75, 3.05) is 5.73 Å². The van der Waals surface area contributed by atoms with Crippen molar-refractivity contribution < 1.29 is 0 Å². The molecule has 0 amide bonds. The molecule has 0 aliphatic carbocycles. The van der Waals surface area contributed by atoms with Crippen molar-refractivity contribution in [1.29, 1.82) is 0 Å². The number of anilines is 1. The van der Waals surface area contributed by atoms with Gasteiger partial charge in [-0.15, -0.1) is 0 Å². The Balaban J connectivity index is 1.99. The quantitative estimate of drug-likeness (QED) is 0.724. The molecule has 0 bridgehead atoms. The Morgan fingerprint density at radius 1 is 1.12 bits per heavy atom. The van der Waals surface area contributed by atoms with E-state index in [2.05, 4.69) is 22.1 Å². The lowest BCUT2D eigenvalue weighted by Gasteiger charge is -2.05. The maximum atomic E-state index is 5.73. The van der Waals surface area contributed by atoms with Crippen molar-refractivity contribution in [1.82, 2.24) is 14.5 Å². The zero-order valence-electron chi connectivity index (χ0n) is 9.24. The van der Waals surface area contributed by atoms with Crippen LogP contribution >= 0.6 is 0 Å². The highest BCUT2D eigenvalue weighted by Crippen LogP contribution is 2.13. The largest absolute Gasteiger partial charge is 0.369 e. The molecule has 4 heteroatoms. The van der Waals surface area contributed by atoms with Gasteiger partial charge in [0.25, 0.3) is 0 Å². The number of nitrogens with two attached hydrogens (primary N) is 1. The van der Waals surface area contributed by atoms with E-state index in [-0.39, 0.29) is 0 Å². The van der Waals surface area contributed by atoms with E-state index in [9.17, 15) is 0 Å². The lowest BCUT2D eigenvalue weighted by Crippen LogP contribution is -2.05. The fraction of sp³-hybridized carbons (Fsp3) is 0.0769. The van der Waals surface area contributed by atoms with Crippen LogP contribution in [-0.2, 0) is 6.54 Å². The molecule has 3 rings (SSSR count). The van der Waals surface area contributed by atoms with Gasteiger partial charge in [-0.05, 0) is 12.1 Å². The molecule has 0 aliphatic heterocycles. The number of fused-ring (bicyclic) bond motifs is 1. The fourth-order valence-electron chi connectivity index (χ4n) is 1.85. The first kappa shape index (κ1) is 9.84. The van der Waals surface area contributed by atoms with Gasteiger partial charge in [0.05, 0.1) is 17.8 Å². The lowest BCUT2D eigenvalue weighted by atomic mass is 10.2. The number of benzene rings is 1. The first-order valence-corrected chi connectivity index (χ1v) is 5.44. The predicted octanol–water partition coefficient (Wildman–Crippen LogP) is 2.06. The van der Waals surface area contributed by atoms with Crippen LogP contribution in [0.2, 0.25) is 0 Å².